The van der Waals surface area contributed by atoms with Crippen LogP contribution in [0, 0.1) is 11.3 Å². The molecule has 3 aromatic carbocycles. The molecule has 0 aliphatic carbocycles. The van der Waals surface area contributed by atoms with Crippen LogP contribution in [0.25, 0.3) is 11.1 Å². The average molecular weight is 389 g/mol. The molecule has 0 heterocycles. The van der Waals surface area contributed by atoms with E-state index in [2.05, 4.69) is 22.1 Å². The van der Waals surface area contributed by atoms with Gasteiger partial charge < -0.3 is 27.2 Å². The number of hydrogen-bond donors (Lipinski definition) is 5. The van der Waals surface area contributed by atoms with Crippen LogP contribution in [0.15, 0.2) is 72.8 Å². The quantitative estimate of drug-likeness (QED) is 0.434. The Morgan fingerprint density at radius 2 is 1.45 bits per heavy atom. The number of phenols is 1. The number of amides is 4. The molecule has 29 heavy (non-hydrogen) atoms. The second kappa shape index (κ2) is 9.99. The Labute approximate surface area is 167 Å². The van der Waals surface area contributed by atoms with E-state index in [1.807, 2.05) is 54.6 Å². The average Bonchev–Trinajstić information content (AvgIpc) is 2.70. The summed E-state index contributed by atoms with van der Waals surface area (Å²) in [5.74, 6) is -0.162. The number of nitrogens with two attached hydrogens (primary N) is 2. The second-order valence-electron chi connectivity index (χ2n) is 5.74. The summed E-state index contributed by atoms with van der Waals surface area (Å²) in [7, 11) is 0. The van der Waals surface area contributed by atoms with Crippen molar-refractivity contribution in [2.75, 3.05) is 10.6 Å². The Bertz CT molecular complexity index is 1040. The van der Waals surface area contributed by atoms with Crippen molar-refractivity contribution < 1.29 is 14.7 Å². The molecule has 4 amide bonds. The van der Waals surface area contributed by atoms with Crippen molar-refractivity contribution in [3.63, 3.8) is 0 Å². The highest BCUT2D eigenvalue weighted by Gasteiger charge is 2.10. The number of primary amides is 2. The molecule has 8 nitrogen and oxygen atoms in total. The van der Waals surface area contributed by atoms with Gasteiger partial charge in [0.05, 0.1) is 23.0 Å². The van der Waals surface area contributed by atoms with Crippen molar-refractivity contribution in [1.29, 1.82) is 5.26 Å². The topological polar surface area (TPSA) is 154 Å². The van der Waals surface area contributed by atoms with Crippen LogP contribution in [0.2, 0.25) is 0 Å². The maximum Gasteiger partial charge on any atom is 0.323 e. The predicted octanol–water partition coefficient (Wildman–Crippen LogP) is 3.60. The lowest BCUT2D eigenvalue weighted by atomic mass is 10.0. The number of benzene rings is 3. The Balaban J connectivity index is 0.000000687. The highest BCUT2D eigenvalue weighted by Crippen LogP contribution is 2.28. The lowest BCUT2D eigenvalue weighted by molar-refractivity contribution is 0.256. The number of aromatic hydroxyl groups is 1. The summed E-state index contributed by atoms with van der Waals surface area (Å²) >= 11 is 0. The van der Waals surface area contributed by atoms with Crippen LogP contribution in [0.1, 0.15) is 5.56 Å². The van der Waals surface area contributed by atoms with Crippen molar-refractivity contribution in [2.45, 2.75) is 0 Å². The van der Waals surface area contributed by atoms with E-state index in [0.29, 0.717) is 11.3 Å². The fraction of sp³-hybridized carbons (Fsp3) is 0. The molecule has 3 rings (SSSR count). The first-order chi connectivity index (χ1) is 13.9. The van der Waals surface area contributed by atoms with Gasteiger partial charge in [0.1, 0.15) is 5.75 Å². The molecule has 7 N–H and O–H groups in total. The van der Waals surface area contributed by atoms with Gasteiger partial charge in [-0.15, -0.1) is 0 Å². The van der Waals surface area contributed by atoms with E-state index in [0.717, 1.165) is 11.1 Å². The summed E-state index contributed by atoms with van der Waals surface area (Å²) in [5, 5.41) is 24.1. The monoisotopic (exact) mass is 389 g/mol. The van der Waals surface area contributed by atoms with E-state index in [-0.39, 0.29) is 11.4 Å². The van der Waals surface area contributed by atoms with Gasteiger partial charge in [0.2, 0.25) is 0 Å². The molecule has 0 aromatic heterocycles. The van der Waals surface area contributed by atoms with E-state index in [1.54, 1.807) is 6.07 Å². The number of nitriles is 1. The third-order valence-electron chi connectivity index (χ3n) is 3.64. The summed E-state index contributed by atoms with van der Waals surface area (Å²) in [6, 6.07) is 22.1. The fourth-order valence-electron chi connectivity index (χ4n) is 2.44. The molecule has 0 spiro atoms. The molecule has 0 unspecified atom stereocenters. The molecule has 8 heteroatoms. The van der Waals surface area contributed by atoms with Gasteiger partial charge in [-0.1, -0.05) is 48.5 Å². The first-order valence-electron chi connectivity index (χ1n) is 8.41. The second-order valence-corrected chi connectivity index (χ2v) is 5.74. The van der Waals surface area contributed by atoms with E-state index >= 15 is 0 Å². The molecule has 0 aliphatic heterocycles. The van der Waals surface area contributed by atoms with Gasteiger partial charge >= 0.3 is 12.1 Å². The largest absolute Gasteiger partial charge is 0.506 e. The van der Waals surface area contributed by atoms with Gasteiger partial charge in [0.25, 0.3) is 0 Å². The smallest absolute Gasteiger partial charge is 0.323 e. The van der Waals surface area contributed by atoms with Gasteiger partial charge in [-0.3, -0.25) is 0 Å². The van der Waals surface area contributed by atoms with Crippen LogP contribution in [0.4, 0.5) is 21.0 Å². The molecule has 0 aliphatic rings. The van der Waals surface area contributed by atoms with E-state index in [9.17, 15) is 9.90 Å². The Hall–Kier alpha value is -4.51. The van der Waals surface area contributed by atoms with Crippen LogP contribution in [0.3, 0.4) is 0 Å². The van der Waals surface area contributed by atoms with E-state index < -0.39 is 12.1 Å². The molecule has 0 saturated heterocycles. The molecule has 0 bridgehead atoms. The molecule has 146 valence electrons. The number of anilines is 2. The van der Waals surface area contributed by atoms with Crippen molar-refractivity contribution >= 4 is 23.4 Å². The van der Waals surface area contributed by atoms with Crippen LogP contribution in [-0.2, 0) is 0 Å². The molecular weight excluding hydrogens is 370 g/mol. The van der Waals surface area contributed by atoms with Crippen LogP contribution >= 0.6 is 0 Å². The standard InChI is InChI=1S/C20H15N3O2.CH4N2O/c21-13-14-10-11-18(19(24)12-14)23-20(25)22-17-9-5-4-8-16(17)15-6-2-1-3-7-15;2-1(3)4/h1-12,24H,(H2,22,23,25);(H4,2,3,4). The Kier molecular flexibility index (Phi) is 7.16. The zero-order chi connectivity index (χ0) is 21.2. The van der Waals surface area contributed by atoms with Gasteiger partial charge in [0.15, 0.2) is 0 Å². The van der Waals surface area contributed by atoms with Crippen molar-refractivity contribution in [1.82, 2.24) is 0 Å². The molecule has 0 radical (unpaired) electrons. The minimum Gasteiger partial charge on any atom is -0.506 e. The summed E-state index contributed by atoms with van der Waals surface area (Å²) in [5.41, 5.74) is 11.6. The molecule has 0 atom stereocenters. The molecule has 0 fully saturated rings. The minimum atomic E-state index is -0.833. The third-order valence-corrected chi connectivity index (χ3v) is 3.64. The lowest BCUT2D eigenvalue weighted by Gasteiger charge is -2.13. The van der Waals surface area contributed by atoms with Crippen LogP contribution < -0.4 is 22.1 Å². The number of carbonyl (C=O) groups excluding carboxylic acids is 2. The number of carbonyl (C=O) groups is 2. The van der Waals surface area contributed by atoms with Gasteiger partial charge in [-0.05, 0) is 29.8 Å². The molecule has 3 aromatic rings. The number of urea groups is 2. The van der Waals surface area contributed by atoms with Crippen molar-refractivity contribution in [3.05, 3.63) is 78.4 Å². The Morgan fingerprint density at radius 3 is 2.07 bits per heavy atom. The SMILES string of the molecule is N#Cc1ccc(NC(=O)Nc2ccccc2-c2ccccc2)c(O)c1.NC(N)=O. The minimum absolute atomic E-state index is 0.162. The van der Waals surface area contributed by atoms with Crippen molar-refractivity contribution in [2.24, 2.45) is 11.5 Å². The highest BCUT2D eigenvalue weighted by molar-refractivity contribution is 6.03. The number of phenolic OH excluding ortho intramolecular Hbond substituents is 1. The van der Waals surface area contributed by atoms with Crippen molar-refractivity contribution in [3.8, 4) is 22.9 Å². The number of nitrogens with zero attached hydrogens (tertiary/aromatic N) is 1. The van der Waals surface area contributed by atoms with Gasteiger partial charge in [0, 0.05) is 5.56 Å². The number of nitrogens with one attached hydrogen (secondary N) is 2. The Morgan fingerprint density at radius 1 is 0.862 bits per heavy atom. The lowest BCUT2D eigenvalue weighted by Crippen LogP contribution is -2.19. The first-order valence-corrected chi connectivity index (χ1v) is 8.41. The third kappa shape index (κ3) is 6.30. The summed E-state index contributed by atoms with van der Waals surface area (Å²) < 4.78 is 0. The maximum absolute atomic E-state index is 12.3. The van der Waals surface area contributed by atoms with E-state index in [4.69, 9.17) is 10.1 Å². The first kappa shape index (κ1) is 20.8. The van der Waals surface area contributed by atoms with E-state index in [1.165, 1.54) is 18.2 Å². The summed E-state index contributed by atoms with van der Waals surface area (Å²) in [6.07, 6.45) is 0. The van der Waals surface area contributed by atoms with Crippen LogP contribution in [-0.4, -0.2) is 17.2 Å². The predicted molar refractivity (Wildman–Crippen MR) is 111 cm³/mol. The normalized spacial score (nSPS) is 9.34. The molecular formula is C21H19N5O3. The maximum atomic E-state index is 12.3. The van der Waals surface area contributed by atoms with Gasteiger partial charge in [-0.2, -0.15) is 5.26 Å². The summed E-state index contributed by atoms with van der Waals surface area (Å²) in [4.78, 5) is 21.3. The zero-order valence-corrected chi connectivity index (χ0v) is 15.3. The number of rotatable bonds is 3. The van der Waals surface area contributed by atoms with Crippen LogP contribution in [0.5, 0.6) is 5.75 Å². The van der Waals surface area contributed by atoms with Gasteiger partial charge in [-0.25, -0.2) is 9.59 Å². The number of para-hydroxylation sites is 1. The summed E-state index contributed by atoms with van der Waals surface area (Å²) in [6.45, 7) is 0. The zero-order valence-electron chi connectivity index (χ0n) is 15.3. The fourth-order valence-corrected chi connectivity index (χ4v) is 2.44. The molecule has 0 saturated carbocycles. The number of hydrogen-bond acceptors (Lipinski definition) is 4. The highest BCUT2D eigenvalue weighted by atomic mass is 16.3.